The quantitative estimate of drug-likeness (QED) is 0.701. The number of phenolic OH excluding ortho intramolecular Hbond substituents is 1. The number of hydrogen-bond acceptors (Lipinski definition) is 5. The molecule has 2 fully saturated rings. The molecule has 0 radical (unpaired) electrons. The molecule has 26 heavy (non-hydrogen) atoms. The van der Waals surface area contributed by atoms with Crippen molar-refractivity contribution in [2.75, 3.05) is 19.4 Å². The molecule has 1 aliphatic carbocycles. The van der Waals surface area contributed by atoms with Crippen molar-refractivity contribution in [1.29, 1.82) is 0 Å². The lowest BCUT2D eigenvalue weighted by atomic mass is 9.82. The lowest BCUT2D eigenvalue weighted by Crippen LogP contribution is -2.55. The summed E-state index contributed by atoms with van der Waals surface area (Å²) in [6, 6.07) is 7.51. The minimum atomic E-state index is -3.21. The minimum absolute atomic E-state index is 0.0226. The summed E-state index contributed by atoms with van der Waals surface area (Å²) >= 11 is 0. The van der Waals surface area contributed by atoms with Gasteiger partial charge < -0.3 is 15.2 Å². The molecule has 2 aliphatic rings. The van der Waals surface area contributed by atoms with Crippen LogP contribution in [0.4, 0.5) is 0 Å². The van der Waals surface area contributed by atoms with Crippen LogP contribution >= 0.6 is 0 Å². The first-order chi connectivity index (χ1) is 12.4. The third-order valence-corrected chi connectivity index (χ3v) is 6.24. The number of para-hydroxylation sites is 1. The van der Waals surface area contributed by atoms with Crippen LogP contribution in [0.25, 0.3) is 0 Å². The molecule has 1 aromatic rings. The maximum absolute atomic E-state index is 11.5. The highest BCUT2D eigenvalue weighted by molar-refractivity contribution is 7.88. The summed E-state index contributed by atoms with van der Waals surface area (Å²) in [6.07, 6.45) is 7.17. The second kappa shape index (κ2) is 8.69. The topological polar surface area (TPSA) is 87.7 Å². The molecule has 6 nitrogen and oxygen atoms in total. The number of benzene rings is 1. The normalized spacial score (nSPS) is 30.2. The molecule has 146 valence electrons. The van der Waals surface area contributed by atoms with E-state index in [2.05, 4.69) is 10.0 Å². The minimum Gasteiger partial charge on any atom is -0.508 e. The zero-order valence-corrected chi connectivity index (χ0v) is 16.2. The van der Waals surface area contributed by atoms with Crippen molar-refractivity contribution in [3.63, 3.8) is 0 Å². The first-order valence-electron chi connectivity index (χ1n) is 9.52. The summed E-state index contributed by atoms with van der Waals surface area (Å²) in [5, 5.41) is 13.4. The van der Waals surface area contributed by atoms with E-state index < -0.39 is 10.0 Å². The van der Waals surface area contributed by atoms with Crippen LogP contribution < -0.4 is 10.0 Å². The second-order valence-corrected chi connectivity index (χ2v) is 9.35. The molecule has 3 N–H and O–H groups in total. The van der Waals surface area contributed by atoms with Gasteiger partial charge in [0.2, 0.25) is 10.0 Å². The van der Waals surface area contributed by atoms with Gasteiger partial charge >= 0.3 is 0 Å². The van der Waals surface area contributed by atoms with Gasteiger partial charge in [0.05, 0.1) is 19.0 Å². The van der Waals surface area contributed by atoms with E-state index in [1.807, 2.05) is 18.2 Å². The van der Waals surface area contributed by atoms with Gasteiger partial charge in [-0.2, -0.15) is 0 Å². The van der Waals surface area contributed by atoms with E-state index in [0.29, 0.717) is 18.3 Å². The number of piperidine rings is 1. The van der Waals surface area contributed by atoms with Gasteiger partial charge in [-0.25, -0.2) is 13.1 Å². The molecule has 0 aromatic heterocycles. The fourth-order valence-corrected chi connectivity index (χ4v) is 4.99. The Labute approximate surface area is 156 Å². The summed E-state index contributed by atoms with van der Waals surface area (Å²) in [6.45, 7) is 1.43. The number of nitrogens with one attached hydrogen (secondary N) is 2. The monoisotopic (exact) mass is 382 g/mol. The molecule has 1 heterocycles. The standard InChI is InChI=1S/C19H30N2O4S/c1-26(23,24)21-17-6-4-12-20-18(17)13-25-15-10-8-14(9-11-15)16-5-2-3-7-19(16)22/h2-3,5,7,14-15,17-18,20-22H,4,6,8-13H2,1H3/t14?,15?,17-,18-/m0/s1. The first-order valence-corrected chi connectivity index (χ1v) is 11.4. The molecule has 3 rings (SSSR count). The van der Waals surface area contributed by atoms with Gasteiger partial charge in [-0.05, 0) is 62.6 Å². The van der Waals surface area contributed by atoms with Crippen LogP contribution in [0.3, 0.4) is 0 Å². The van der Waals surface area contributed by atoms with Gasteiger partial charge in [-0.3, -0.25) is 0 Å². The lowest BCUT2D eigenvalue weighted by Gasteiger charge is -2.35. The predicted molar refractivity (Wildman–Crippen MR) is 102 cm³/mol. The molecule has 0 spiro atoms. The van der Waals surface area contributed by atoms with Crippen LogP contribution in [0.2, 0.25) is 0 Å². The zero-order valence-electron chi connectivity index (χ0n) is 15.4. The predicted octanol–water partition coefficient (Wildman–Crippen LogP) is 2.10. The Morgan fingerprint density at radius 1 is 1.19 bits per heavy atom. The third kappa shape index (κ3) is 5.42. The molecule has 7 heteroatoms. The van der Waals surface area contributed by atoms with Crippen LogP contribution in [0, 0.1) is 0 Å². The second-order valence-electron chi connectivity index (χ2n) is 7.57. The summed E-state index contributed by atoms with van der Waals surface area (Å²) in [7, 11) is -3.21. The summed E-state index contributed by atoms with van der Waals surface area (Å²) in [5.41, 5.74) is 1.04. The van der Waals surface area contributed by atoms with Crippen molar-refractivity contribution >= 4 is 10.0 Å². The van der Waals surface area contributed by atoms with Gasteiger partial charge in [0.1, 0.15) is 5.75 Å². The number of phenols is 1. The maximum Gasteiger partial charge on any atom is 0.209 e. The van der Waals surface area contributed by atoms with E-state index in [0.717, 1.165) is 50.6 Å². The first kappa shape index (κ1) is 19.6. The maximum atomic E-state index is 11.5. The SMILES string of the molecule is CS(=O)(=O)N[C@H]1CCCN[C@H]1COC1CCC(c2ccccc2O)CC1. The highest BCUT2D eigenvalue weighted by atomic mass is 32.2. The van der Waals surface area contributed by atoms with Crippen molar-refractivity contribution in [2.45, 2.75) is 62.6 Å². The number of ether oxygens (including phenoxy) is 1. The van der Waals surface area contributed by atoms with Crippen LogP contribution in [0.5, 0.6) is 5.75 Å². The molecule has 0 amide bonds. The van der Waals surface area contributed by atoms with Gasteiger partial charge in [0.25, 0.3) is 0 Å². The summed E-state index contributed by atoms with van der Waals surface area (Å²) in [4.78, 5) is 0. The Morgan fingerprint density at radius 3 is 2.62 bits per heavy atom. The zero-order chi connectivity index (χ0) is 18.6. The Balaban J connectivity index is 1.48. The number of sulfonamides is 1. The van der Waals surface area contributed by atoms with E-state index in [4.69, 9.17) is 4.74 Å². The van der Waals surface area contributed by atoms with Gasteiger partial charge in [-0.15, -0.1) is 0 Å². The van der Waals surface area contributed by atoms with Crippen molar-refractivity contribution in [2.24, 2.45) is 0 Å². The number of rotatable bonds is 6. The van der Waals surface area contributed by atoms with E-state index in [1.165, 1.54) is 6.26 Å². The van der Waals surface area contributed by atoms with Crippen molar-refractivity contribution < 1.29 is 18.3 Å². The molecule has 0 unspecified atom stereocenters. The third-order valence-electron chi connectivity index (χ3n) is 5.51. The van der Waals surface area contributed by atoms with E-state index in [-0.39, 0.29) is 18.2 Å². The molecular weight excluding hydrogens is 352 g/mol. The Morgan fingerprint density at radius 2 is 1.92 bits per heavy atom. The highest BCUT2D eigenvalue weighted by Crippen LogP contribution is 2.37. The van der Waals surface area contributed by atoms with Crippen molar-refractivity contribution in [3.05, 3.63) is 29.8 Å². The molecule has 1 aromatic carbocycles. The van der Waals surface area contributed by atoms with Crippen LogP contribution in [0.1, 0.15) is 50.0 Å². The van der Waals surface area contributed by atoms with Crippen LogP contribution in [-0.4, -0.2) is 51.1 Å². The molecule has 1 saturated carbocycles. The van der Waals surface area contributed by atoms with Crippen LogP contribution in [-0.2, 0) is 14.8 Å². The fraction of sp³-hybridized carbons (Fsp3) is 0.684. The fourth-order valence-electron chi connectivity index (χ4n) is 4.16. The van der Waals surface area contributed by atoms with Gasteiger partial charge in [0.15, 0.2) is 0 Å². The summed E-state index contributed by atoms with van der Waals surface area (Å²) < 4.78 is 32.0. The molecule has 2 atom stereocenters. The largest absolute Gasteiger partial charge is 0.508 e. The number of hydrogen-bond donors (Lipinski definition) is 3. The average Bonchev–Trinajstić information content (AvgIpc) is 2.61. The van der Waals surface area contributed by atoms with E-state index in [1.54, 1.807) is 6.07 Å². The van der Waals surface area contributed by atoms with Crippen molar-refractivity contribution in [3.8, 4) is 5.75 Å². The number of aromatic hydroxyl groups is 1. The summed E-state index contributed by atoms with van der Waals surface area (Å²) in [5.74, 6) is 0.779. The molecule has 1 saturated heterocycles. The lowest BCUT2D eigenvalue weighted by molar-refractivity contribution is 0.00513. The van der Waals surface area contributed by atoms with Crippen LogP contribution in [0.15, 0.2) is 24.3 Å². The van der Waals surface area contributed by atoms with Gasteiger partial charge in [-0.1, -0.05) is 18.2 Å². The molecule has 0 bridgehead atoms. The Hall–Kier alpha value is -1.15. The van der Waals surface area contributed by atoms with E-state index >= 15 is 0 Å². The Bertz CT molecular complexity index is 687. The Kier molecular flexibility index (Phi) is 6.55. The van der Waals surface area contributed by atoms with Crippen molar-refractivity contribution in [1.82, 2.24) is 10.0 Å². The highest BCUT2D eigenvalue weighted by Gasteiger charge is 2.29. The average molecular weight is 383 g/mol. The van der Waals surface area contributed by atoms with E-state index in [9.17, 15) is 13.5 Å². The smallest absolute Gasteiger partial charge is 0.209 e. The molecular formula is C19H30N2O4S. The molecule has 1 aliphatic heterocycles. The van der Waals surface area contributed by atoms with Gasteiger partial charge in [0, 0.05) is 12.1 Å².